The van der Waals surface area contributed by atoms with Crippen LogP contribution in [-0.4, -0.2) is 29.8 Å². The highest BCUT2D eigenvalue weighted by atomic mass is 16.5. The molecule has 21 heavy (non-hydrogen) atoms. The average molecular weight is 287 g/mol. The van der Waals surface area contributed by atoms with Gasteiger partial charge in [0.25, 0.3) is 0 Å². The summed E-state index contributed by atoms with van der Waals surface area (Å²) in [5.74, 6) is 2.51. The van der Waals surface area contributed by atoms with Gasteiger partial charge in [-0.15, -0.1) is 0 Å². The van der Waals surface area contributed by atoms with Crippen LogP contribution in [0.25, 0.3) is 11.0 Å². The highest BCUT2D eigenvalue weighted by Crippen LogP contribution is 2.36. The number of nitrogens with two attached hydrogens (primary N) is 1. The Morgan fingerprint density at radius 3 is 2.71 bits per heavy atom. The summed E-state index contributed by atoms with van der Waals surface area (Å²) in [5.41, 5.74) is 8.14. The van der Waals surface area contributed by atoms with E-state index in [1.165, 1.54) is 37.0 Å². The van der Waals surface area contributed by atoms with Crippen molar-refractivity contribution in [3.8, 4) is 0 Å². The van der Waals surface area contributed by atoms with Gasteiger partial charge in [0.05, 0.1) is 17.6 Å². The lowest BCUT2D eigenvalue weighted by molar-refractivity contribution is 0.186. The van der Waals surface area contributed by atoms with Gasteiger partial charge in [0.15, 0.2) is 0 Å². The normalized spacial score (nSPS) is 22.8. The van der Waals surface area contributed by atoms with Crippen molar-refractivity contribution in [2.45, 2.75) is 38.1 Å². The highest BCUT2D eigenvalue weighted by molar-refractivity contribution is 5.76. The summed E-state index contributed by atoms with van der Waals surface area (Å²) in [5, 5.41) is 0. The lowest BCUT2D eigenvalue weighted by Gasteiger charge is -2.27. The molecule has 0 saturated heterocycles. The van der Waals surface area contributed by atoms with Gasteiger partial charge in [-0.05, 0) is 50.3 Å². The molecule has 1 fully saturated rings. The fraction of sp³-hybridized carbons (Fsp3) is 0.588. The number of ether oxygens (including phenoxy) is 1. The molecular formula is C17H25N3O. The summed E-state index contributed by atoms with van der Waals surface area (Å²) >= 11 is 0. The van der Waals surface area contributed by atoms with E-state index in [9.17, 15) is 0 Å². The van der Waals surface area contributed by atoms with Gasteiger partial charge in [0.1, 0.15) is 5.82 Å². The third kappa shape index (κ3) is 2.97. The number of para-hydroxylation sites is 2. The first-order valence-corrected chi connectivity index (χ1v) is 7.97. The molecule has 3 rings (SSSR count). The molecule has 2 aromatic rings. The van der Waals surface area contributed by atoms with Crippen LogP contribution in [0.5, 0.6) is 0 Å². The molecule has 1 aromatic carbocycles. The van der Waals surface area contributed by atoms with E-state index in [1.54, 1.807) is 7.11 Å². The lowest BCUT2D eigenvalue weighted by atomic mass is 9.81. The molecule has 0 radical (unpaired) electrons. The zero-order chi connectivity index (χ0) is 14.7. The van der Waals surface area contributed by atoms with Crippen molar-refractivity contribution in [3.63, 3.8) is 0 Å². The van der Waals surface area contributed by atoms with Crippen molar-refractivity contribution in [3.05, 3.63) is 30.1 Å². The van der Waals surface area contributed by atoms with Crippen LogP contribution in [0.1, 0.15) is 37.4 Å². The van der Waals surface area contributed by atoms with Crippen molar-refractivity contribution in [2.75, 3.05) is 20.3 Å². The number of hydrogen-bond donors (Lipinski definition) is 1. The topological polar surface area (TPSA) is 53.1 Å². The first-order chi connectivity index (χ1) is 10.3. The molecule has 1 heterocycles. The molecule has 0 spiro atoms. The Hall–Kier alpha value is -1.39. The molecule has 0 atom stereocenters. The van der Waals surface area contributed by atoms with E-state index in [0.717, 1.165) is 25.2 Å². The zero-order valence-electron chi connectivity index (χ0n) is 12.8. The standard InChI is InChI=1S/C17H25N3O/c1-21-11-10-20-16-5-3-2-4-15(16)19-17(20)14-8-6-13(12-18)7-9-14/h2-5,13-14H,6-12,18H2,1H3. The Bertz CT molecular complexity index is 585. The quantitative estimate of drug-likeness (QED) is 0.920. The maximum atomic E-state index is 5.81. The first kappa shape index (κ1) is 14.5. The summed E-state index contributed by atoms with van der Waals surface area (Å²) in [6.45, 7) is 2.43. The Morgan fingerprint density at radius 2 is 2.00 bits per heavy atom. The van der Waals surface area contributed by atoms with Gasteiger partial charge in [-0.3, -0.25) is 0 Å². The van der Waals surface area contributed by atoms with Crippen LogP contribution in [0.3, 0.4) is 0 Å². The second-order valence-corrected chi connectivity index (χ2v) is 6.06. The Balaban J connectivity index is 1.90. The predicted molar refractivity (Wildman–Crippen MR) is 85.4 cm³/mol. The van der Waals surface area contributed by atoms with E-state index in [0.29, 0.717) is 11.8 Å². The minimum Gasteiger partial charge on any atom is -0.383 e. The largest absolute Gasteiger partial charge is 0.383 e. The summed E-state index contributed by atoms with van der Waals surface area (Å²) in [7, 11) is 1.76. The number of benzene rings is 1. The van der Waals surface area contributed by atoms with Gasteiger partial charge in [-0.1, -0.05) is 12.1 Å². The van der Waals surface area contributed by atoms with Crippen molar-refractivity contribution >= 4 is 11.0 Å². The molecule has 0 bridgehead atoms. The van der Waals surface area contributed by atoms with Gasteiger partial charge in [0, 0.05) is 19.6 Å². The molecule has 4 nitrogen and oxygen atoms in total. The fourth-order valence-electron chi connectivity index (χ4n) is 3.48. The van der Waals surface area contributed by atoms with Crippen LogP contribution >= 0.6 is 0 Å². The number of nitrogens with zero attached hydrogens (tertiary/aromatic N) is 2. The maximum Gasteiger partial charge on any atom is 0.113 e. The van der Waals surface area contributed by atoms with E-state index in [-0.39, 0.29) is 0 Å². The Morgan fingerprint density at radius 1 is 1.24 bits per heavy atom. The number of rotatable bonds is 5. The van der Waals surface area contributed by atoms with Crippen LogP contribution in [0, 0.1) is 5.92 Å². The van der Waals surface area contributed by atoms with E-state index in [2.05, 4.69) is 28.8 Å². The number of methoxy groups -OCH3 is 1. The third-order valence-corrected chi connectivity index (χ3v) is 4.75. The van der Waals surface area contributed by atoms with E-state index >= 15 is 0 Å². The van der Waals surface area contributed by atoms with E-state index < -0.39 is 0 Å². The number of fused-ring (bicyclic) bond motifs is 1. The third-order valence-electron chi connectivity index (χ3n) is 4.75. The van der Waals surface area contributed by atoms with Gasteiger partial charge in [-0.2, -0.15) is 0 Å². The minimum atomic E-state index is 0.567. The highest BCUT2D eigenvalue weighted by Gasteiger charge is 2.25. The Kier molecular flexibility index (Phi) is 4.56. The average Bonchev–Trinajstić information content (AvgIpc) is 2.91. The molecule has 0 amide bonds. The van der Waals surface area contributed by atoms with Crippen LogP contribution in [0.4, 0.5) is 0 Å². The van der Waals surface area contributed by atoms with Crippen LogP contribution < -0.4 is 5.73 Å². The summed E-state index contributed by atoms with van der Waals surface area (Å²) in [6.07, 6.45) is 4.87. The number of hydrogen-bond acceptors (Lipinski definition) is 3. The molecular weight excluding hydrogens is 262 g/mol. The second kappa shape index (κ2) is 6.58. The Labute approximate surface area is 126 Å². The predicted octanol–water partition coefficient (Wildman–Crippen LogP) is 2.92. The maximum absolute atomic E-state index is 5.81. The van der Waals surface area contributed by atoms with E-state index in [1.807, 2.05) is 0 Å². The molecule has 2 N–H and O–H groups in total. The molecule has 0 unspecified atom stereocenters. The molecule has 0 aliphatic heterocycles. The van der Waals surface area contributed by atoms with Crippen molar-refractivity contribution in [1.82, 2.24) is 9.55 Å². The molecule has 4 heteroatoms. The monoisotopic (exact) mass is 287 g/mol. The van der Waals surface area contributed by atoms with Crippen molar-refractivity contribution in [2.24, 2.45) is 11.7 Å². The molecule has 1 aromatic heterocycles. The molecule has 114 valence electrons. The fourth-order valence-corrected chi connectivity index (χ4v) is 3.48. The van der Waals surface area contributed by atoms with E-state index in [4.69, 9.17) is 15.5 Å². The van der Waals surface area contributed by atoms with Gasteiger partial charge in [0.2, 0.25) is 0 Å². The van der Waals surface area contributed by atoms with Crippen LogP contribution in [-0.2, 0) is 11.3 Å². The minimum absolute atomic E-state index is 0.567. The van der Waals surface area contributed by atoms with Gasteiger partial charge < -0.3 is 15.0 Å². The molecule has 1 aliphatic rings. The number of imidazole rings is 1. The van der Waals surface area contributed by atoms with Gasteiger partial charge >= 0.3 is 0 Å². The first-order valence-electron chi connectivity index (χ1n) is 7.97. The second-order valence-electron chi connectivity index (χ2n) is 6.06. The zero-order valence-corrected chi connectivity index (χ0v) is 12.8. The number of aromatic nitrogens is 2. The van der Waals surface area contributed by atoms with Crippen LogP contribution in [0.15, 0.2) is 24.3 Å². The lowest BCUT2D eigenvalue weighted by Crippen LogP contribution is -2.22. The SMILES string of the molecule is COCCn1c(C2CCC(CN)CC2)nc2ccccc21. The molecule has 1 saturated carbocycles. The van der Waals surface area contributed by atoms with Gasteiger partial charge in [-0.25, -0.2) is 4.98 Å². The summed E-state index contributed by atoms with van der Waals surface area (Å²) in [6, 6.07) is 8.41. The summed E-state index contributed by atoms with van der Waals surface area (Å²) < 4.78 is 7.63. The van der Waals surface area contributed by atoms with Crippen molar-refractivity contribution in [1.29, 1.82) is 0 Å². The van der Waals surface area contributed by atoms with Crippen molar-refractivity contribution < 1.29 is 4.74 Å². The smallest absolute Gasteiger partial charge is 0.113 e. The van der Waals surface area contributed by atoms with Crippen LogP contribution in [0.2, 0.25) is 0 Å². The molecule has 1 aliphatic carbocycles. The summed E-state index contributed by atoms with van der Waals surface area (Å²) in [4.78, 5) is 4.92.